The number of carbonyl (C=O) groups excluding carboxylic acids is 8. The second kappa shape index (κ2) is 17.5. The fraction of sp³-hybridized carbons (Fsp3) is 0.714. The monoisotopic (exact) mass is 678 g/mol. The molecule has 2 fully saturated rings. The Kier molecular flexibility index (Phi) is 14.5. The van der Waals surface area contributed by atoms with Gasteiger partial charge in [0.1, 0.15) is 31.5 Å². The van der Waals surface area contributed by atoms with Gasteiger partial charge in [0, 0.05) is 55.4 Å². The molecule has 0 aromatic carbocycles. The highest BCUT2D eigenvalue weighted by molar-refractivity contribution is 5.69. The highest BCUT2D eigenvalue weighted by Gasteiger charge is 2.58. The Morgan fingerprint density at radius 3 is 1.09 bits per heavy atom. The second-order valence-electron chi connectivity index (χ2n) is 10.3. The Balaban J connectivity index is 2.75. The molecule has 0 aliphatic carbocycles. The lowest BCUT2D eigenvalue weighted by molar-refractivity contribution is -0.358. The van der Waals surface area contributed by atoms with Crippen LogP contribution in [0.1, 0.15) is 55.4 Å². The first-order valence-electron chi connectivity index (χ1n) is 14.2. The fourth-order valence-corrected chi connectivity index (χ4v) is 4.73. The molecule has 0 saturated carbocycles. The molecular weight excluding hydrogens is 640 g/mol. The maximum atomic E-state index is 12.3. The molecule has 0 bridgehead atoms. The third-order valence-electron chi connectivity index (χ3n) is 6.17. The second-order valence-corrected chi connectivity index (χ2v) is 10.3. The standard InChI is InChI=1S/C28H38O19/c1-11(29)37-9-19-21(39-13(3)31)23(41-15(5)33)25(42-16(6)34)28(46-19)47-24-22(40-14(4)32)20(10-38-12(2)30)45-27(44-18(8)36)26(24)43-17(7)35/h19-28H,9-10H2,1-8H3/t19-,20-,21-,22-,23+,24+,25+,26+,27+,28-/m1/s1. The lowest BCUT2D eigenvalue weighted by Gasteiger charge is -2.48. The first-order chi connectivity index (χ1) is 21.9. The van der Waals surface area contributed by atoms with Crippen molar-refractivity contribution < 1.29 is 90.5 Å². The van der Waals surface area contributed by atoms with E-state index in [1.54, 1.807) is 0 Å². The molecule has 0 N–H and O–H groups in total. The molecular formula is C28H38O19. The van der Waals surface area contributed by atoms with Gasteiger partial charge in [-0.05, 0) is 0 Å². The first kappa shape index (κ1) is 38.8. The van der Waals surface area contributed by atoms with Gasteiger partial charge in [-0.1, -0.05) is 0 Å². The van der Waals surface area contributed by atoms with Crippen molar-refractivity contribution in [2.75, 3.05) is 13.2 Å². The van der Waals surface area contributed by atoms with E-state index in [9.17, 15) is 38.4 Å². The summed E-state index contributed by atoms with van der Waals surface area (Å²) in [4.78, 5) is 96.4. The molecule has 0 aromatic heterocycles. The summed E-state index contributed by atoms with van der Waals surface area (Å²) in [6.07, 6.45) is -16.4. The molecule has 264 valence electrons. The number of hydrogen-bond donors (Lipinski definition) is 0. The Labute approximate surface area is 268 Å². The van der Waals surface area contributed by atoms with E-state index in [1.165, 1.54) is 0 Å². The average Bonchev–Trinajstić information content (AvgIpc) is 2.91. The van der Waals surface area contributed by atoms with Crippen LogP contribution in [-0.4, -0.2) is 122 Å². The SMILES string of the molecule is CC(=O)OC[C@H]1O[C@H](O[C@@H]2[C@H](OC(C)=O)[C@@H](OC(C)=O)O[C@H](COC(C)=O)[C@H]2OC(C)=O)[C@@H](OC(C)=O)[C@@H](OC(C)=O)[C@@H]1OC(C)=O. The fourth-order valence-electron chi connectivity index (χ4n) is 4.73. The van der Waals surface area contributed by atoms with Crippen molar-refractivity contribution in [1.82, 2.24) is 0 Å². The topological polar surface area (TPSA) is 238 Å². The van der Waals surface area contributed by atoms with Gasteiger partial charge in [0.2, 0.25) is 6.29 Å². The van der Waals surface area contributed by atoms with Gasteiger partial charge in [0.25, 0.3) is 0 Å². The molecule has 0 aromatic rings. The maximum absolute atomic E-state index is 12.3. The molecule has 10 atom stereocenters. The van der Waals surface area contributed by atoms with Crippen molar-refractivity contribution >= 4 is 47.8 Å². The van der Waals surface area contributed by atoms with Crippen LogP contribution >= 0.6 is 0 Å². The van der Waals surface area contributed by atoms with E-state index in [4.69, 9.17) is 52.1 Å². The van der Waals surface area contributed by atoms with Crippen molar-refractivity contribution in [3.63, 3.8) is 0 Å². The molecule has 0 amide bonds. The Morgan fingerprint density at radius 2 is 0.702 bits per heavy atom. The van der Waals surface area contributed by atoms with Gasteiger partial charge in [-0.25, -0.2) is 0 Å². The normalized spacial score (nSPS) is 30.0. The maximum Gasteiger partial charge on any atom is 0.305 e. The van der Waals surface area contributed by atoms with Gasteiger partial charge < -0.3 is 52.1 Å². The van der Waals surface area contributed by atoms with Crippen LogP contribution < -0.4 is 0 Å². The largest absolute Gasteiger partial charge is 0.463 e. The van der Waals surface area contributed by atoms with Crippen LogP contribution in [0.3, 0.4) is 0 Å². The van der Waals surface area contributed by atoms with Gasteiger partial charge in [-0.15, -0.1) is 0 Å². The molecule has 0 unspecified atom stereocenters. The first-order valence-corrected chi connectivity index (χ1v) is 14.2. The lowest BCUT2D eigenvalue weighted by atomic mass is 9.96. The summed E-state index contributed by atoms with van der Waals surface area (Å²) in [6, 6.07) is 0. The summed E-state index contributed by atoms with van der Waals surface area (Å²) in [5, 5.41) is 0. The summed E-state index contributed by atoms with van der Waals surface area (Å²) in [6.45, 7) is 7.06. The van der Waals surface area contributed by atoms with E-state index in [2.05, 4.69) is 0 Å². The predicted octanol–water partition coefficient (Wildman–Crippen LogP) is -0.831. The van der Waals surface area contributed by atoms with E-state index >= 15 is 0 Å². The number of ether oxygens (including phenoxy) is 11. The number of esters is 8. The number of hydrogen-bond acceptors (Lipinski definition) is 19. The average molecular weight is 679 g/mol. The van der Waals surface area contributed by atoms with Crippen LogP contribution in [0.15, 0.2) is 0 Å². The molecule has 19 nitrogen and oxygen atoms in total. The van der Waals surface area contributed by atoms with E-state index in [0.29, 0.717) is 0 Å². The van der Waals surface area contributed by atoms with E-state index < -0.39 is 122 Å². The van der Waals surface area contributed by atoms with Gasteiger partial charge in [-0.2, -0.15) is 0 Å². The molecule has 0 spiro atoms. The molecule has 2 saturated heterocycles. The molecule has 2 aliphatic rings. The van der Waals surface area contributed by atoms with Crippen molar-refractivity contribution in [1.29, 1.82) is 0 Å². The minimum Gasteiger partial charge on any atom is -0.463 e. The molecule has 19 heteroatoms. The van der Waals surface area contributed by atoms with Gasteiger partial charge in [-0.3, -0.25) is 38.4 Å². The minimum absolute atomic E-state index is 0.587. The van der Waals surface area contributed by atoms with Crippen molar-refractivity contribution in [3.05, 3.63) is 0 Å². The number of rotatable bonds is 12. The quantitative estimate of drug-likeness (QED) is 0.181. The van der Waals surface area contributed by atoms with Gasteiger partial charge in [0.05, 0.1) is 0 Å². The third kappa shape index (κ3) is 12.1. The summed E-state index contributed by atoms with van der Waals surface area (Å²) >= 11 is 0. The zero-order chi connectivity index (χ0) is 35.6. The molecule has 2 rings (SSSR count). The van der Waals surface area contributed by atoms with Crippen LogP contribution in [0.2, 0.25) is 0 Å². The minimum atomic E-state index is -1.86. The van der Waals surface area contributed by atoms with E-state index in [0.717, 1.165) is 55.4 Å². The molecule has 47 heavy (non-hydrogen) atoms. The predicted molar refractivity (Wildman–Crippen MR) is 145 cm³/mol. The Bertz CT molecular complexity index is 1200. The smallest absolute Gasteiger partial charge is 0.305 e. The summed E-state index contributed by atoms with van der Waals surface area (Å²) in [5.74, 6) is -7.04. The number of carbonyl (C=O) groups is 8. The van der Waals surface area contributed by atoms with Crippen molar-refractivity contribution in [2.24, 2.45) is 0 Å². The Hall–Kier alpha value is -4.36. The summed E-state index contributed by atoms with van der Waals surface area (Å²) in [7, 11) is 0. The van der Waals surface area contributed by atoms with Crippen molar-refractivity contribution in [3.8, 4) is 0 Å². The van der Waals surface area contributed by atoms with Crippen molar-refractivity contribution in [2.45, 2.75) is 117 Å². The lowest BCUT2D eigenvalue weighted by Crippen LogP contribution is -2.67. The van der Waals surface area contributed by atoms with E-state index in [1.807, 2.05) is 0 Å². The van der Waals surface area contributed by atoms with Crippen LogP contribution in [0.5, 0.6) is 0 Å². The molecule has 0 radical (unpaired) electrons. The van der Waals surface area contributed by atoms with E-state index in [-0.39, 0.29) is 0 Å². The van der Waals surface area contributed by atoms with Crippen LogP contribution in [0, 0.1) is 0 Å². The molecule has 2 aliphatic heterocycles. The highest BCUT2D eigenvalue weighted by atomic mass is 16.8. The Morgan fingerprint density at radius 1 is 0.383 bits per heavy atom. The van der Waals surface area contributed by atoms with Crippen LogP contribution in [0.4, 0.5) is 0 Å². The van der Waals surface area contributed by atoms with Crippen LogP contribution in [-0.2, 0) is 90.5 Å². The highest BCUT2D eigenvalue weighted by Crippen LogP contribution is 2.35. The van der Waals surface area contributed by atoms with Crippen LogP contribution in [0.25, 0.3) is 0 Å². The third-order valence-corrected chi connectivity index (χ3v) is 6.17. The summed E-state index contributed by atoms with van der Waals surface area (Å²) in [5.41, 5.74) is 0. The zero-order valence-corrected chi connectivity index (χ0v) is 26.9. The summed E-state index contributed by atoms with van der Waals surface area (Å²) < 4.78 is 60.2. The molecule has 2 heterocycles. The van der Waals surface area contributed by atoms with Gasteiger partial charge in [0.15, 0.2) is 36.8 Å². The van der Waals surface area contributed by atoms with Gasteiger partial charge >= 0.3 is 47.8 Å². The zero-order valence-electron chi connectivity index (χ0n) is 26.9.